The first kappa shape index (κ1) is 13.2. The van der Waals surface area contributed by atoms with Crippen LogP contribution < -0.4 is 5.73 Å². The summed E-state index contributed by atoms with van der Waals surface area (Å²) in [4.78, 5) is 0. The quantitative estimate of drug-likeness (QED) is 0.844. The lowest BCUT2D eigenvalue weighted by molar-refractivity contribution is -0.0460. The molecule has 1 aromatic carbocycles. The highest BCUT2D eigenvalue weighted by Crippen LogP contribution is 2.40. The molecule has 98 valence electrons. The first-order valence-electron chi connectivity index (χ1n) is 6.32. The summed E-state index contributed by atoms with van der Waals surface area (Å²) in [6, 6.07) is 9.84. The van der Waals surface area contributed by atoms with Gasteiger partial charge in [0.1, 0.15) is 0 Å². The Morgan fingerprint density at radius 2 is 1.67 bits per heavy atom. The second kappa shape index (κ2) is 4.81. The van der Waals surface area contributed by atoms with E-state index in [0.717, 1.165) is 11.1 Å². The second-order valence-electron chi connectivity index (χ2n) is 5.25. The molecule has 1 fully saturated rings. The number of alkyl halides is 2. The van der Waals surface area contributed by atoms with E-state index in [1.165, 1.54) is 0 Å². The maximum absolute atomic E-state index is 13.2. The normalized spacial score (nSPS) is 22.8. The van der Waals surface area contributed by atoms with Gasteiger partial charge >= 0.3 is 0 Å². The molecule has 1 aliphatic rings. The highest BCUT2D eigenvalue weighted by atomic mass is 19.3. The average Bonchev–Trinajstić information content (AvgIpc) is 2.35. The van der Waals surface area contributed by atoms with Crippen molar-refractivity contribution in [1.82, 2.24) is 0 Å². The van der Waals surface area contributed by atoms with E-state index < -0.39 is 11.5 Å². The topological polar surface area (TPSA) is 26.0 Å². The number of nitrogens with two attached hydrogens (primary N) is 1. The van der Waals surface area contributed by atoms with Crippen LogP contribution in [0.15, 0.2) is 35.9 Å². The standard InChI is InChI=1S/C15H19F2N/c1-12(11-13-5-3-2-4-6-13)14(18)7-9-15(16,17)10-8-14/h2-6,11H,7-10,18H2,1H3/b12-11+. The molecule has 0 radical (unpaired) electrons. The number of halogens is 2. The van der Waals surface area contributed by atoms with E-state index in [2.05, 4.69) is 0 Å². The molecule has 0 aliphatic heterocycles. The minimum Gasteiger partial charge on any atom is -0.322 e. The van der Waals surface area contributed by atoms with Crippen LogP contribution in [0.2, 0.25) is 0 Å². The van der Waals surface area contributed by atoms with Gasteiger partial charge in [0.25, 0.3) is 0 Å². The van der Waals surface area contributed by atoms with Crippen LogP contribution in [0.25, 0.3) is 6.08 Å². The highest BCUT2D eigenvalue weighted by Gasteiger charge is 2.41. The Hall–Kier alpha value is -1.22. The van der Waals surface area contributed by atoms with Crippen molar-refractivity contribution in [2.75, 3.05) is 0 Å². The van der Waals surface area contributed by atoms with Gasteiger partial charge in [-0.25, -0.2) is 8.78 Å². The van der Waals surface area contributed by atoms with Crippen molar-refractivity contribution in [3.8, 4) is 0 Å². The third kappa shape index (κ3) is 2.96. The minimum atomic E-state index is -2.53. The van der Waals surface area contributed by atoms with Crippen molar-refractivity contribution in [1.29, 1.82) is 0 Å². The van der Waals surface area contributed by atoms with Crippen LogP contribution in [0.3, 0.4) is 0 Å². The Labute approximate surface area is 107 Å². The van der Waals surface area contributed by atoms with Gasteiger partial charge < -0.3 is 5.73 Å². The van der Waals surface area contributed by atoms with Crippen molar-refractivity contribution < 1.29 is 8.78 Å². The molecule has 0 unspecified atom stereocenters. The van der Waals surface area contributed by atoms with Crippen molar-refractivity contribution >= 4 is 6.08 Å². The van der Waals surface area contributed by atoms with E-state index in [1.807, 2.05) is 43.3 Å². The van der Waals surface area contributed by atoms with Crippen LogP contribution in [-0.2, 0) is 0 Å². The molecule has 0 saturated heterocycles. The summed E-state index contributed by atoms with van der Waals surface area (Å²) in [6.45, 7) is 1.94. The largest absolute Gasteiger partial charge is 0.322 e. The van der Waals surface area contributed by atoms with E-state index in [-0.39, 0.29) is 12.8 Å². The van der Waals surface area contributed by atoms with Crippen LogP contribution in [0.4, 0.5) is 8.78 Å². The molecule has 1 aliphatic carbocycles. The van der Waals surface area contributed by atoms with Gasteiger partial charge in [0, 0.05) is 18.4 Å². The van der Waals surface area contributed by atoms with E-state index in [0.29, 0.717) is 12.8 Å². The van der Waals surface area contributed by atoms with Crippen LogP contribution >= 0.6 is 0 Å². The number of benzene rings is 1. The van der Waals surface area contributed by atoms with E-state index in [1.54, 1.807) is 0 Å². The summed E-state index contributed by atoms with van der Waals surface area (Å²) >= 11 is 0. The Balaban J connectivity index is 2.14. The maximum atomic E-state index is 13.2. The Kier molecular flexibility index (Phi) is 3.53. The second-order valence-corrected chi connectivity index (χ2v) is 5.25. The molecule has 1 saturated carbocycles. The molecule has 0 aromatic heterocycles. The summed E-state index contributed by atoms with van der Waals surface area (Å²) in [5.74, 6) is -2.53. The van der Waals surface area contributed by atoms with Crippen LogP contribution in [-0.4, -0.2) is 11.5 Å². The molecule has 0 amide bonds. The Morgan fingerprint density at radius 1 is 1.11 bits per heavy atom. The Bertz CT molecular complexity index is 427. The fourth-order valence-corrected chi connectivity index (χ4v) is 2.40. The van der Waals surface area contributed by atoms with E-state index >= 15 is 0 Å². The summed E-state index contributed by atoms with van der Waals surface area (Å²) in [7, 11) is 0. The smallest absolute Gasteiger partial charge is 0.248 e. The molecule has 0 spiro atoms. The van der Waals surface area contributed by atoms with Crippen LogP contribution in [0.1, 0.15) is 38.2 Å². The first-order valence-corrected chi connectivity index (χ1v) is 6.32. The zero-order valence-electron chi connectivity index (χ0n) is 10.6. The van der Waals surface area contributed by atoms with Gasteiger partial charge in [-0.3, -0.25) is 0 Å². The zero-order valence-corrected chi connectivity index (χ0v) is 10.6. The van der Waals surface area contributed by atoms with Gasteiger partial charge in [0.15, 0.2) is 0 Å². The van der Waals surface area contributed by atoms with Gasteiger partial charge in [0.2, 0.25) is 5.92 Å². The summed E-state index contributed by atoms with van der Waals surface area (Å²) in [5.41, 5.74) is 7.75. The fraction of sp³-hybridized carbons (Fsp3) is 0.467. The molecule has 1 aromatic rings. The third-order valence-electron chi connectivity index (χ3n) is 3.84. The van der Waals surface area contributed by atoms with Crippen molar-refractivity contribution in [2.45, 2.75) is 44.1 Å². The molecule has 0 bridgehead atoms. The number of hydrogen-bond acceptors (Lipinski definition) is 1. The summed E-state index contributed by atoms with van der Waals surface area (Å²) in [5, 5.41) is 0. The minimum absolute atomic E-state index is 0.108. The fourth-order valence-electron chi connectivity index (χ4n) is 2.40. The molecular formula is C15H19F2N. The van der Waals surface area contributed by atoms with Crippen molar-refractivity contribution in [2.24, 2.45) is 5.73 Å². The van der Waals surface area contributed by atoms with Gasteiger partial charge in [-0.15, -0.1) is 0 Å². The average molecular weight is 251 g/mol. The number of rotatable bonds is 2. The molecule has 0 atom stereocenters. The van der Waals surface area contributed by atoms with Crippen molar-refractivity contribution in [3.05, 3.63) is 41.5 Å². The van der Waals surface area contributed by atoms with E-state index in [4.69, 9.17) is 5.73 Å². The molecular weight excluding hydrogens is 232 g/mol. The van der Waals surface area contributed by atoms with Gasteiger partial charge in [-0.1, -0.05) is 42.0 Å². The molecule has 0 heterocycles. The molecule has 3 heteroatoms. The molecule has 1 nitrogen and oxygen atoms in total. The first-order chi connectivity index (χ1) is 8.41. The zero-order chi connectivity index (χ0) is 13.2. The predicted octanol–water partition coefficient (Wildman–Crippen LogP) is 4.00. The summed E-state index contributed by atoms with van der Waals surface area (Å²) < 4.78 is 26.3. The predicted molar refractivity (Wildman–Crippen MR) is 70.4 cm³/mol. The van der Waals surface area contributed by atoms with Gasteiger partial charge in [-0.05, 0) is 25.3 Å². The lowest BCUT2D eigenvalue weighted by atomic mass is 9.76. The monoisotopic (exact) mass is 251 g/mol. The maximum Gasteiger partial charge on any atom is 0.248 e. The summed E-state index contributed by atoms with van der Waals surface area (Å²) in [6.07, 6.45) is 2.50. The lowest BCUT2D eigenvalue weighted by Gasteiger charge is -2.38. The van der Waals surface area contributed by atoms with Gasteiger partial charge in [0.05, 0.1) is 0 Å². The molecule has 18 heavy (non-hydrogen) atoms. The van der Waals surface area contributed by atoms with Crippen LogP contribution in [0.5, 0.6) is 0 Å². The lowest BCUT2D eigenvalue weighted by Crippen LogP contribution is -2.47. The SMILES string of the molecule is C/C(=C\c1ccccc1)C1(N)CCC(F)(F)CC1. The molecule has 2 rings (SSSR count). The molecule has 2 N–H and O–H groups in total. The van der Waals surface area contributed by atoms with E-state index in [9.17, 15) is 8.78 Å². The Morgan fingerprint density at radius 3 is 2.22 bits per heavy atom. The number of hydrogen-bond donors (Lipinski definition) is 1. The van der Waals surface area contributed by atoms with Crippen LogP contribution in [0, 0.1) is 0 Å². The van der Waals surface area contributed by atoms with Gasteiger partial charge in [-0.2, -0.15) is 0 Å². The third-order valence-corrected chi connectivity index (χ3v) is 3.84. The van der Waals surface area contributed by atoms with Crippen molar-refractivity contribution in [3.63, 3.8) is 0 Å². The highest BCUT2D eigenvalue weighted by molar-refractivity contribution is 5.54.